The highest BCUT2D eigenvalue weighted by atomic mass is 15.0. The first-order valence-corrected chi connectivity index (χ1v) is 24.6. The maximum atomic E-state index is 10.9. The first kappa shape index (κ1) is 43.0. The third-order valence-corrected chi connectivity index (χ3v) is 14.5. The molecule has 0 saturated heterocycles. The Morgan fingerprint density at radius 2 is 0.707 bits per heavy atom. The minimum Gasteiger partial charge on any atom is -0.309 e. The van der Waals surface area contributed by atoms with Gasteiger partial charge in [0.25, 0.3) is 0 Å². The molecule has 14 aromatic rings. The molecule has 0 aliphatic heterocycles. The molecule has 0 N–H and O–H groups in total. The number of fused-ring (bicyclic) bond motifs is 9. The van der Waals surface area contributed by atoms with E-state index in [-0.39, 0.29) is 0 Å². The van der Waals surface area contributed by atoms with Crippen LogP contribution >= 0.6 is 0 Å². The highest BCUT2D eigenvalue weighted by Crippen LogP contribution is 2.41. The molecule has 8 nitrogen and oxygen atoms in total. The van der Waals surface area contributed by atoms with Gasteiger partial charge in [0.2, 0.25) is 0 Å². The first-order chi connectivity index (χ1) is 37.0. The third-order valence-electron chi connectivity index (χ3n) is 14.5. The summed E-state index contributed by atoms with van der Waals surface area (Å²) in [6.07, 6.45) is 0. The summed E-state index contributed by atoms with van der Waals surface area (Å²) in [5.41, 5.74) is 16.6. The molecule has 14 rings (SSSR count). The summed E-state index contributed by atoms with van der Waals surface area (Å²) in [6.45, 7) is 0. The molecule has 75 heavy (non-hydrogen) atoms. The van der Waals surface area contributed by atoms with Crippen LogP contribution in [0.3, 0.4) is 0 Å². The molecule has 8 heteroatoms. The van der Waals surface area contributed by atoms with E-state index in [0.717, 1.165) is 83.2 Å². The van der Waals surface area contributed by atoms with Crippen LogP contribution in [0, 0.1) is 34.0 Å². The number of aromatic nitrogens is 5. The highest BCUT2D eigenvalue weighted by Gasteiger charge is 2.20. The van der Waals surface area contributed by atoms with Gasteiger partial charge in [0.1, 0.15) is 0 Å². The van der Waals surface area contributed by atoms with Crippen molar-refractivity contribution in [1.29, 1.82) is 15.8 Å². The van der Waals surface area contributed by atoms with E-state index >= 15 is 0 Å². The number of para-hydroxylation sites is 4. The van der Waals surface area contributed by atoms with E-state index in [2.05, 4.69) is 171 Å². The molecule has 0 unspecified atom stereocenters. The zero-order valence-corrected chi connectivity index (χ0v) is 40.0. The quantitative estimate of drug-likeness (QED) is 0.158. The standard InChI is InChI=1S/C67H38N8/c68-39-42-11-9-13-46(33-42)60-38-59(71-67(72-60)47-14-10-12-43(34-47)40-69)45-25-23-44(24-26-45)52-30-27-49(35-48(52)41-70)73-65-31-28-50(74-61-19-5-1-15-53(61)54-16-2-6-20-62(54)74)36-57(65)58-37-51(29-32-66(58)73)75-63-21-7-3-17-55(63)56-18-4-8-22-64(56)75/h1-38H. The van der Waals surface area contributed by atoms with Crippen molar-refractivity contribution >= 4 is 65.4 Å². The van der Waals surface area contributed by atoms with Crippen molar-refractivity contribution in [3.8, 4) is 80.3 Å². The van der Waals surface area contributed by atoms with E-state index in [9.17, 15) is 15.8 Å². The van der Waals surface area contributed by atoms with Crippen LogP contribution in [0.5, 0.6) is 0 Å². The van der Waals surface area contributed by atoms with Crippen LogP contribution in [0.25, 0.3) is 128 Å². The Bertz CT molecular complexity index is 4460. The number of hydrogen-bond donors (Lipinski definition) is 0. The monoisotopic (exact) mass is 954 g/mol. The zero-order chi connectivity index (χ0) is 50.1. The Morgan fingerprint density at radius 1 is 0.293 bits per heavy atom. The molecule has 0 saturated carbocycles. The van der Waals surface area contributed by atoms with Crippen LogP contribution in [0.1, 0.15) is 16.7 Å². The summed E-state index contributed by atoms with van der Waals surface area (Å²) in [6, 6.07) is 85.6. The van der Waals surface area contributed by atoms with Gasteiger partial charge in [0.15, 0.2) is 5.82 Å². The maximum Gasteiger partial charge on any atom is 0.160 e. The smallest absolute Gasteiger partial charge is 0.160 e. The molecule has 0 fully saturated rings. The van der Waals surface area contributed by atoms with Gasteiger partial charge in [0, 0.05) is 66.1 Å². The Hall–Kier alpha value is -10.9. The molecule has 0 aliphatic carbocycles. The second kappa shape index (κ2) is 17.2. The van der Waals surface area contributed by atoms with E-state index in [1.54, 1.807) is 18.2 Å². The van der Waals surface area contributed by atoms with E-state index < -0.39 is 0 Å². The average molecular weight is 955 g/mol. The van der Waals surface area contributed by atoms with Gasteiger partial charge in [-0.2, -0.15) is 15.8 Å². The third kappa shape index (κ3) is 6.96. The predicted octanol–water partition coefficient (Wildman–Crippen LogP) is 16.1. The lowest BCUT2D eigenvalue weighted by molar-refractivity contribution is 1.16. The minimum absolute atomic E-state index is 0.462. The molecule has 0 spiro atoms. The Balaban J connectivity index is 0.905. The second-order valence-electron chi connectivity index (χ2n) is 18.7. The Morgan fingerprint density at radius 3 is 1.20 bits per heavy atom. The SMILES string of the molecule is N#Cc1cccc(-c2cc(-c3ccc(-c4ccc(-n5c6ccc(-n7c8ccccc8c8ccccc87)cc6c6cc(-n7c8ccccc8c8ccccc87)ccc65)cc4C#N)cc3)nc(-c3cccc(C#N)c3)n2)c1. The van der Waals surface area contributed by atoms with Crippen LogP contribution < -0.4 is 0 Å². The largest absolute Gasteiger partial charge is 0.309 e. The Labute approximate surface area is 430 Å². The van der Waals surface area contributed by atoms with Crippen molar-refractivity contribution in [2.45, 2.75) is 0 Å². The fourth-order valence-corrected chi connectivity index (χ4v) is 11.1. The lowest BCUT2D eigenvalue weighted by Gasteiger charge is -2.13. The van der Waals surface area contributed by atoms with Crippen molar-refractivity contribution in [3.63, 3.8) is 0 Å². The second-order valence-corrected chi connectivity index (χ2v) is 18.7. The molecule has 0 aliphatic rings. The van der Waals surface area contributed by atoms with Crippen molar-refractivity contribution in [2.75, 3.05) is 0 Å². The van der Waals surface area contributed by atoms with Crippen molar-refractivity contribution < 1.29 is 0 Å². The summed E-state index contributed by atoms with van der Waals surface area (Å²) in [5.74, 6) is 0.462. The predicted molar refractivity (Wildman–Crippen MR) is 301 cm³/mol. The summed E-state index contributed by atoms with van der Waals surface area (Å²) in [4.78, 5) is 9.90. The van der Waals surface area contributed by atoms with Gasteiger partial charge in [-0.05, 0) is 114 Å². The lowest BCUT2D eigenvalue weighted by atomic mass is 9.97. The zero-order valence-electron chi connectivity index (χ0n) is 40.0. The maximum absolute atomic E-state index is 10.9. The number of hydrogen-bond acceptors (Lipinski definition) is 5. The molecule has 4 heterocycles. The van der Waals surface area contributed by atoms with Crippen LogP contribution in [-0.2, 0) is 0 Å². The number of rotatable bonds is 7. The molecule has 0 atom stereocenters. The molecule has 0 radical (unpaired) electrons. The summed E-state index contributed by atoms with van der Waals surface area (Å²) < 4.78 is 7.01. The van der Waals surface area contributed by atoms with E-state index in [0.29, 0.717) is 39.5 Å². The van der Waals surface area contributed by atoms with Gasteiger partial charge in [-0.15, -0.1) is 0 Å². The van der Waals surface area contributed by atoms with Gasteiger partial charge < -0.3 is 13.7 Å². The van der Waals surface area contributed by atoms with E-state index in [1.165, 1.54) is 21.5 Å². The average Bonchev–Trinajstić information content (AvgIpc) is 4.15. The van der Waals surface area contributed by atoms with E-state index in [1.807, 2.05) is 72.8 Å². The van der Waals surface area contributed by atoms with Crippen LogP contribution in [0.2, 0.25) is 0 Å². The molecule has 10 aromatic carbocycles. The number of benzene rings is 10. The van der Waals surface area contributed by atoms with Crippen LogP contribution in [0.4, 0.5) is 0 Å². The van der Waals surface area contributed by atoms with Crippen LogP contribution in [-0.4, -0.2) is 23.7 Å². The first-order valence-electron chi connectivity index (χ1n) is 24.6. The van der Waals surface area contributed by atoms with Gasteiger partial charge in [-0.1, -0.05) is 127 Å². The van der Waals surface area contributed by atoms with Crippen LogP contribution in [0.15, 0.2) is 231 Å². The normalized spacial score (nSPS) is 11.4. The fourth-order valence-electron chi connectivity index (χ4n) is 11.1. The van der Waals surface area contributed by atoms with Gasteiger partial charge >= 0.3 is 0 Å². The molecular weight excluding hydrogens is 917 g/mol. The summed E-state index contributed by atoms with van der Waals surface area (Å²) in [7, 11) is 0. The molecular formula is C67H38N8. The molecule has 4 aromatic heterocycles. The molecule has 346 valence electrons. The van der Waals surface area contributed by atoms with Crippen molar-refractivity contribution in [2.24, 2.45) is 0 Å². The van der Waals surface area contributed by atoms with Gasteiger partial charge in [-0.25, -0.2) is 9.97 Å². The number of nitriles is 3. The fraction of sp³-hybridized carbons (Fsp3) is 0. The van der Waals surface area contributed by atoms with Crippen molar-refractivity contribution in [1.82, 2.24) is 23.7 Å². The van der Waals surface area contributed by atoms with E-state index in [4.69, 9.17) is 9.97 Å². The van der Waals surface area contributed by atoms with Crippen molar-refractivity contribution in [3.05, 3.63) is 247 Å². The van der Waals surface area contributed by atoms with Gasteiger partial charge in [-0.3, -0.25) is 0 Å². The lowest BCUT2D eigenvalue weighted by Crippen LogP contribution is -1.98. The summed E-state index contributed by atoms with van der Waals surface area (Å²) in [5, 5.41) is 37.3. The molecule has 0 bridgehead atoms. The molecule has 0 amide bonds. The Kier molecular flexibility index (Phi) is 9.85. The topological polar surface area (TPSA) is 112 Å². The summed E-state index contributed by atoms with van der Waals surface area (Å²) >= 11 is 0. The van der Waals surface area contributed by atoms with Gasteiger partial charge in [0.05, 0.1) is 79.4 Å². The highest BCUT2D eigenvalue weighted by molar-refractivity contribution is 6.14. The minimum atomic E-state index is 0.462. The number of nitrogens with zero attached hydrogens (tertiary/aromatic N) is 8.